The maximum atomic E-state index is 11.4. The fraction of sp³-hybridized carbons (Fsp3) is 0.545. The average molecular weight is 179 g/mol. The highest BCUT2D eigenvalue weighted by Crippen LogP contribution is 2.16. The van der Waals surface area contributed by atoms with E-state index in [1.165, 1.54) is 11.1 Å². The molecule has 2 heteroatoms. The van der Waals surface area contributed by atoms with E-state index >= 15 is 0 Å². The topological polar surface area (TPSA) is 29.1 Å². The van der Waals surface area contributed by atoms with Crippen LogP contribution in [0, 0.1) is 0 Å². The molecule has 0 aromatic rings. The molecule has 0 fully saturated rings. The van der Waals surface area contributed by atoms with Crippen molar-refractivity contribution in [2.24, 2.45) is 0 Å². The van der Waals surface area contributed by atoms with Gasteiger partial charge in [-0.15, -0.1) is 0 Å². The fourth-order valence-corrected chi connectivity index (χ4v) is 1.32. The average Bonchev–Trinajstić information content (AvgIpc) is 2.11. The molecule has 0 aromatic carbocycles. The van der Waals surface area contributed by atoms with Crippen molar-refractivity contribution >= 4 is 5.91 Å². The highest BCUT2D eigenvalue weighted by Gasteiger charge is 2.14. The minimum atomic E-state index is 0.0801. The Labute approximate surface area is 79.7 Å². The molecular weight excluding hydrogens is 162 g/mol. The summed E-state index contributed by atoms with van der Waals surface area (Å²) in [5.74, 6) is 0.0801. The van der Waals surface area contributed by atoms with Crippen molar-refractivity contribution in [2.45, 2.75) is 33.6 Å². The van der Waals surface area contributed by atoms with E-state index in [0.29, 0.717) is 0 Å². The number of carbonyl (C=O) groups is 1. The van der Waals surface area contributed by atoms with Gasteiger partial charge in [0.25, 0.3) is 5.91 Å². The first kappa shape index (κ1) is 10.0. The summed E-state index contributed by atoms with van der Waals surface area (Å²) in [6.45, 7) is 6.98. The van der Waals surface area contributed by atoms with Crippen LogP contribution in [0.1, 0.15) is 33.6 Å². The summed E-state index contributed by atoms with van der Waals surface area (Å²) in [6, 6.07) is 0. The van der Waals surface area contributed by atoms with Crippen molar-refractivity contribution < 1.29 is 4.79 Å². The number of nitrogens with one attached hydrogen (secondary N) is 1. The minimum Gasteiger partial charge on any atom is -0.352 e. The van der Waals surface area contributed by atoms with Gasteiger partial charge in [-0.2, -0.15) is 0 Å². The molecule has 1 amide bonds. The molecule has 0 saturated heterocycles. The number of carbonyl (C=O) groups excluding carboxylic acids is 1. The number of hydrogen-bond acceptors (Lipinski definition) is 1. The van der Waals surface area contributed by atoms with E-state index in [1.807, 2.05) is 13.0 Å². The lowest BCUT2D eigenvalue weighted by atomic mass is 10.00. The van der Waals surface area contributed by atoms with Crippen LogP contribution in [0.15, 0.2) is 22.8 Å². The molecule has 0 atom stereocenters. The van der Waals surface area contributed by atoms with Crippen molar-refractivity contribution in [1.29, 1.82) is 0 Å². The van der Waals surface area contributed by atoms with Gasteiger partial charge >= 0.3 is 0 Å². The monoisotopic (exact) mass is 179 g/mol. The SMILES string of the molecule is CC/C(C)=C/C1=C(C)CCNC1=O. The van der Waals surface area contributed by atoms with Crippen LogP contribution in [-0.4, -0.2) is 12.5 Å². The van der Waals surface area contributed by atoms with Gasteiger partial charge in [0.2, 0.25) is 0 Å². The van der Waals surface area contributed by atoms with Gasteiger partial charge in [-0.05, 0) is 26.7 Å². The second kappa shape index (κ2) is 4.26. The van der Waals surface area contributed by atoms with Crippen molar-refractivity contribution in [3.05, 3.63) is 22.8 Å². The molecule has 0 aromatic heterocycles. The highest BCUT2D eigenvalue weighted by molar-refractivity contribution is 5.97. The van der Waals surface area contributed by atoms with Crippen LogP contribution in [0.4, 0.5) is 0 Å². The Bertz CT molecular complexity index is 274. The van der Waals surface area contributed by atoms with Crippen molar-refractivity contribution in [2.75, 3.05) is 6.54 Å². The normalized spacial score (nSPS) is 19.0. The summed E-state index contributed by atoms with van der Waals surface area (Å²) in [4.78, 5) is 11.4. The van der Waals surface area contributed by atoms with Crippen LogP contribution in [0.25, 0.3) is 0 Å². The molecule has 0 bridgehead atoms. The van der Waals surface area contributed by atoms with E-state index in [9.17, 15) is 4.79 Å². The minimum absolute atomic E-state index is 0.0801. The molecule has 0 spiro atoms. The van der Waals surface area contributed by atoms with Gasteiger partial charge in [0.05, 0.1) is 0 Å². The number of allylic oxidation sites excluding steroid dienone is 1. The molecule has 1 heterocycles. The molecule has 1 N–H and O–H groups in total. The van der Waals surface area contributed by atoms with Gasteiger partial charge in [0.15, 0.2) is 0 Å². The first-order valence-corrected chi connectivity index (χ1v) is 4.80. The number of rotatable bonds is 2. The lowest BCUT2D eigenvalue weighted by Crippen LogP contribution is -2.30. The van der Waals surface area contributed by atoms with Gasteiger partial charge in [-0.1, -0.05) is 24.1 Å². The first-order valence-electron chi connectivity index (χ1n) is 4.80. The largest absolute Gasteiger partial charge is 0.352 e. The molecule has 0 radical (unpaired) electrons. The molecular formula is C11H17NO. The van der Waals surface area contributed by atoms with Gasteiger partial charge in [-0.25, -0.2) is 0 Å². The second-order valence-electron chi connectivity index (χ2n) is 3.54. The van der Waals surface area contributed by atoms with E-state index < -0.39 is 0 Å². The van der Waals surface area contributed by atoms with E-state index in [1.54, 1.807) is 0 Å². The van der Waals surface area contributed by atoms with E-state index in [2.05, 4.69) is 19.2 Å². The standard InChI is InChI=1S/C11H17NO/c1-4-8(2)7-10-9(3)5-6-12-11(10)13/h7H,4-6H2,1-3H3,(H,12,13)/b8-7+. The lowest BCUT2D eigenvalue weighted by Gasteiger charge is -2.16. The van der Waals surface area contributed by atoms with Crippen LogP contribution in [0.5, 0.6) is 0 Å². The Hall–Kier alpha value is -1.05. The zero-order chi connectivity index (χ0) is 9.84. The van der Waals surface area contributed by atoms with Gasteiger partial charge < -0.3 is 5.32 Å². The molecule has 1 aliphatic heterocycles. The molecule has 0 saturated carbocycles. The number of amides is 1. The zero-order valence-electron chi connectivity index (χ0n) is 8.61. The summed E-state index contributed by atoms with van der Waals surface area (Å²) < 4.78 is 0. The third-order valence-corrected chi connectivity index (χ3v) is 2.44. The summed E-state index contributed by atoms with van der Waals surface area (Å²) in [6.07, 6.45) is 3.99. The number of hydrogen-bond donors (Lipinski definition) is 1. The van der Waals surface area contributed by atoms with Gasteiger partial charge in [0, 0.05) is 12.1 Å². The van der Waals surface area contributed by atoms with Crippen LogP contribution < -0.4 is 5.32 Å². The molecule has 2 nitrogen and oxygen atoms in total. The fourth-order valence-electron chi connectivity index (χ4n) is 1.32. The van der Waals surface area contributed by atoms with E-state index in [4.69, 9.17) is 0 Å². The smallest absolute Gasteiger partial charge is 0.251 e. The van der Waals surface area contributed by atoms with E-state index in [0.717, 1.165) is 25.0 Å². The van der Waals surface area contributed by atoms with Crippen LogP contribution in [0.2, 0.25) is 0 Å². The lowest BCUT2D eigenvalue weighted by molar-refractivity contribution is -0.117. The third-order valence-electron chi connectivity index (χ3n) is 2.44. The molecule has 1 rings (SSSR count). The van der Waals surface area contributed by atoms with Crippen LogP contribution >= 0.6 is 0 Å². The molecule has 72 valence electrons. The Morgan fingerprint density at radius 2 is 2.31 bits per heavy atom. The maximum absolute atomic E-state index is 11.4. The van der Waals surface area contributed by atoms with E-state index in [-0.39, 0.29) is 5.91 Å². The van der Waals surface area contributed by atoms with Crippen LogP contribution in [0.3, 0.4) is 0 Å². The first-order chi connectivity index (χ1) is 6.15. The van der Waals surface area contributed by atoms with Crippen molar-refractivity contribution in [3.8, 4) is 0 Å². The Morgan fingerprint density at radius 1 is 1.62 bits per heavy atom. The van der Waals surface area contributed by atoms with Gasteiger partial charge in [-0.3, -0.25) is 4.79 Å². The molecule has 1 aliphatic rings. The molecule has 0 aliphatic carbocycles. The quantitative estimate of drug-likeness (QED) is 0.691. The van der Waals surface area contributed by atoms with Crippen molar-refractivity contribution in [3.63, 3.8) is 0 Å². The zero-order valence-corrected chi connectivity index (χ0v) is 8.61. The maximum Gasteiger partial charge on any atom is 0.251 e. The summed E-state index contributed by atoms with van der Waals surface area (Å²) in [5, 5.41) is 2.85. The molecule has 13 heavy (non-hydrogen) atoms. The van der Waals surface area contributed by atoms with Gasteiger partial charge in [0.1, 0.15) is 0 Å². The summed E-state index contributed by atoms with van der Waals surface area (Å²) in [5.41, 5.74) is 3.33. The Balaban J connectivity index is 2.92. The Kier molecular flexibility index (Phi) is 3.29. The predicted molar refractivity (Wildman–Crippen MR) is 54.4 cm³/mol. The predicted octanol–water partition coefficient (Wildman–Crippen LogP) is 2.18. The summed E-state index contributed by atoms with van der Waals surface area (Å²) in [7, 11) is 0. The van der Waals surface area contributed by atoms with Crippen LogP contribution in [-0.2, 0) is 4.79 Å². The third kappa shape index (κ3) is 2.44. The highest BCUT2D eigenvalue weighted by atomic mass is 16.1. The molecule has 0 unspecified atom stereocenters. The summed E-state index contributed by atoms with van der Waals surface area (Å²) >= 11 is 0. The van der Waals surface area contributed by atoms with Crippen molar-refractivity contribution in [1.82, 2.24) is 5.32 Å². The second-order valence-corrected chi connectivity index (χ2v) is 3.54. The Morgan fingerprint density at radius 3 is 2.85 bits per heavy atom.